The second-order valence-corrected chi connectivity index (χ2v) is 5.97. The molecule has 0 spiro atoms. The maximum absolute atomic E-state index is 5.85. The molecule has 0 N–H and O–H groups in total. The molecule has 0 amide bonds. The summed E-state index contributed by atoms with van der Waals surface area (Å²) in [5.74, 6) is 0.845. The molecule has 2 rings (SSSR count). The molecule has 1 unspecified atom stereocenters. The van der Waals surface area contributed by atoms with E-state index in [-0.39, 0.29) is 6.10 Å². The van der Waals surface area contributed by atoms with Gasteiger partial charge in [-0.15, -0.1) is 0 Å². The van der Waals surface area contributed by atoms with Crippen molar-refractivity contribution in [2.45, 2.75) is 58.8 Å². The second kappa shape index (κ2) is 7.06. The second-order valence-electron chi connectivity index (χ2n) is 5.97. The molecular weight excluding hydrogens is 236 g/mol. The van der Waals surface area contributed by atoms with Gasteiger partial charge in [0.05, 0.1) is 18.8 Å². The van der Waals surface area contributed by atoms with Crippen LogP contribution < -0.4 is 0 Å². The van der Waals surface area contributed by atoms with Crippen molar-refractivity contribution in [1.29, 1.82) is 0 Å². The molecule has 0 bridgehead atoms. The Labute approximate surface area is 117 Å². The van der Waals surface area contributed by atoms with Crippen LogP contribution in [0.25, 0.3) is 0 Å². The van der Waals surface area contributed by atoms with E-state index in [2.05, 4.69) is 45.0 Å². The molecule has 0 saturated heterocycles. The summed E-state index contributed by atoms with van der Waals surface area (Å²) in [7, 11) is 0. The molecule has 19 heavy (non-hydrogen) atoms. The Bertz CT molecular complexity index is 365. The fourth-order valence-electron chi connectivity index (χ4n) is 2.01. The van der Waals surface area contributed by atoms with E-state index in [0.717, 1.165) is 18.9 Å². The van der Waals surface area contributed by atoms with E-state index in [1.54, 1.807) is 0 Å². The van der Waals surface area contributed by atoms with Crippen molar-refractivity contribution in [2.75, 3.05) is 6.61 Å². The van der Waals surface area contributed by atoms with E-state index in [1.165, 1.54) is 24.0 Å². The molecule has 2 nitrogen and oxygen atoms in total. The Kier molecular flexibility index (Phi) is 5.41. The summed E-state index contributed by atoms with van der Waals surface area (Å²) in [6.45, 7) is 7.94. The topological polar surface area (TPSA) is 18.5 Å². The van der Waals surface area contributed by atoms with E-state index in [9.17, 15) is 0 Å². The van der Waals surface area contributed by atoms with Crippen LogP contribution in [-0.4, -0.2) is 18.8 Å². The van der Waals surface area contributed by atoms with Crippen LogP contribution in [0.5, 0.6) is 0 Å². The first-order valence-corrected chi connectivity index (χ1v) is 7.44. The minimum Gasteiger partial charge on any atom is -0.378 e. The largest absolute Gasteiger partial charge is 0.378 e. The van der Waals surface area contributed by atoms with Crippen molar-refractivity contribution in [3.63, 3.8) is 0 Å². The minimum atomic E-state index is 0.288. The lowest BCUT2D eigenvalue weighted by Gasteiger charge is -2.13. The fraction of sp³-hybridized carbons (Fsp3) is 0.647. The van der Waals surface area contributed by atoms with Crippen LogP contribution in [0.3, 0.4) is 0 Å². The summed E-state index contributed by atoms with van der Waals surface area (Å²) in [4.78, 5) is 0. The van der Waals surface area contributed by atoms with Crippen LogP contribution >= 0.6 is 0 Å². The smallest absolute Gasteiger partial charge is 0.0720 e. The van der Waals surface area contributed by atoms with E-state index in [4.69, 9.17) is 9.47 Å². The zero-order valence-corrected chi connectivity index (χ0v) is 12.4. The van der Waals surface area contributed by atoms with Gasteiger partial charge in [-0.25, -0.2) is 0 Å². The van der Waals surface area contributed by atoms with Crippen LogP contribution in [0.4, 0.5) is 0 Å². The molecule has 1 saturated carbocycles. The van der Waals surface area contributed by atoms with E-state index < -0.39 is 0 Å². The molecule has 1 fully saturated rings. The summed E-state index contributed by atoms with van der Waals surface area (Å²) in [5, 5.41) is 0. The number of benzene rings is 1. The first-order valence-electron chi connectivity index (χ1n) is 7.44. The zero-order chi connectivity index (χ0) is 13.7. The van der Waals surface area contributed by atoms with Gasteiger partial charge in [-0.1, -0.05) is 24.3 Å². The summed E-state index contributed by atoms with van der Waals surface area (Å²) >= 11 is 0. The van der Waals surface area contributed by atoms with Gasteiger partial charge in [-0.3, -0.25) is 0 Å². The van der Waals surface area contributed by atoms with Gasteiger partial charge >= 0.3 is 0 Å². The number of hydrogen-bond donors (Lipinski definition) is 0. The first kappa shape index (κ1) is 14.5. The first-order chi connectivity index (χ1) is 9.13. The van der Waals surface area contributed by atoms with E-state index in [1.807, 2.05) is 0 Å². The summed E-state index contributed by atoms with van der Waals surface area (Å²) in [6.07, 6.45) is 4.32. The summed E-state index contributed by atoms with van der Waals surface area (Å²) in [5.41, 5.74) is 2.58. The highest BCUT2D eigenvalue weighted by Crippen LogP contribution is 2.29. The highest BCUT2D eigenvalue weighted by molar-refractivity contribution is 5.22. The molecule has 0 radical (unpaired) electrons. The lowest BCUT2D eigenvalue weighted by Crippen LogP contribution is -2.13. The molecule has 1 aliphatic rings. The Morgan fingerprint density at radius 2 is 1.63 bits per heavy atom. The maximum Gasteiger partial charge on any atom is 0.0720 e. The van der Waals surface area contributed by atoms with Gasteiger partial charge in [0, 0.05) is 6.61 Å². The Balaban J connectivity index is 1.73. The molecule has 1 aromatic rings. The lowest BCUT2D eigenvalue weighted by atomic mass is 10.1. The van der Waals surface area contributed by atoms with Crippen LogP contribution in [0.1, 0.15) is 44.7 Å². The monoisotopic (exact) mass is 262 g/mol. The molecule has 0 aromatic heterocycles. The van der Waals surface area contributed by atoms with Gasteiger partial charge in [0.25, 0.3) is 0 Å². The lowest BCUT2D eigenvalue weighted by molar-refractivity contribution is 0.0586. The van der Waals surface area contributed by atoms with Crippen LogP contribution in [0.15, 0.2) is 24.3 Å². The van der Waals surface area contributed by atoms with Crippen LogP contribution in [-0.2, 0) is 22.5 Å². The molecule has 2 heteroatoms. The standard InChI is InChI=1S/C17H26O2/c1-13(2)18-11-16-6-4-15(5-7-16)10-14(3)19-12-17-8-9-17/h4-7,13-14,17H,8-12H2,1-3H3. The highest BCUT2D eigenvalue weighted by atomic mass is 16.5. The normalized spacial score (nSPS) is 16.8. The molecule has 1 aliphatic carbocycles. The number of hydrogen-bond acceptors (Lipinski definition) is 2. The quantitative estimate of drug-likeness (QED) is 0.706. The maximum atomic E-state index is 5.85. The fourth-order valence-corrected chi connectivity index (χ4v) is 2.01. The average molecular weight is 262 g/mol. The molecule has 1 atom stereocenters. The van der Waals surface area contributed by atoms with Crippen molar-refractivity contribution in [1.82, 2.24) is 0 Å². The summed E-state index contributed by atoms with van der Waals surface area (Å²) in [6, 6.07) is 8.70. The molecule has 1 aromatic carbocycles. The predicted molar refractivity (Wildman–Crippen MR) is 78.2 cm³/mol. The van der Waals surface area contributed by atoms with Crippen molar-refractivity contribution < 1.29 is 9.47 Å². The average Bonchev–Trinajstić information content (AvgIpc) is 3.19. The van der Waals surface area contributed by atoms with Gasteiger partial charge in [-0.05, 0) is 57.1 Å². The van der Waals surface area contributed by atoms with Gasteiger partial charge in [0.1, 0.15) is 0 Å². The van der Waals surface area contributed by atoms with Gasteiger partial charge in [0.15, 0.2) is 0 Å². The number of ether oxygens (including phenoxy) is 2. The summed E-state index contributed by atoms with van der Waals surface area (Å²) < 4.78 is 11.5. The molecular formula is C17H26O2. The Morgan fingerprint density at radius 1 is 1.00 bits per heavy atom. The van der Waals surface area contributed by atoms with Gasteiger partial charge < -0.3 is 9.47 Å². The molecule has 106 valence electrons. The highest BCUT2D eigenvalue weighted by Gasteiger charge is 2.22. The van der Waals surface area contributed by atoms with Crippen molar-refractivity contribution >= 4 is 0 Å². The van der Waals surface area contributed by atoms with E-state index in [0.29, 0.717) is 12.7 Å². The van der Waals surface area contributed by atoms with Crippen molar-refractivity contribution in [3.8, 4) is 0 Å². The predicted octanol–water partition coefficient (Wildman–Crippen LogP) is 3.97. The van der Waals surface area contributed by atoms with Crippen molar-refractivity contribution in [2.24, 2.45) is 5.92 Å². The van der Waals surface area contributed by atoms with Crippen molar-refractivity contribution in [3.05, 3.63) is 35.4 Å². The third-order valence-electron chi connectivity index (χ3n) is 3.44. The third-order valence-corrected chi connectivity index (χ3v) is 3.44. The van der Waals surface area contributed by atoms with Gasteiger partial charge in [0.2, 0.25) is 0 Å². The molecule has 0 heterocycles. The Hall–Kier alpha value is -0.860. The third kappa shape index (κ3) is 5.75. The minimum absolute atomic E-state index is 0.288. The van der Waals surface area contributed by atoms with Gasteiger partial charge in [-0.2, -0.15) is 0 Å². The Morgan fingerprint density at radius 3 is 2.21 bits per heavy atom. The zero-order valence-electron chi connectivity index (χ0n) is 12.4. The SMILES string of the molecule is CC(C)OCc1ccc(CC(C)OCC2CC2)cc1. The number of rotatable bonds is 8. The van der Waals surface area contributed by atoms with E-state index >= 15 is 0 Å². The van der Waals surface area contributed by atoms with Crippen LogP contribution in [0.2, 0.25) is 0 Å². The molecule has 0 aliphatic heterocycles. The van der Waals surface area contributed by atoms with Crippen LogP contribution in [0, 0.1) is 5.92 Å².